The number of piperazine rings is 1. The van der Waals surface area contributed by atoms with Gasteiger partial charge in [-0.3, -0.25) is 9.80 Å². The predicted molar refractivity (Wildman–Crippen MR) is 79.6 cm³/mol. The van der Waals surface area contributed by atoms with Gasteiger partial charge in [-0.05, 0) is 55.8 Å². The lowest BCUT2D eigenvalue weighted by atomic mass is 9.54. The van der Waals surface area contributed by atoms with Gasteiger partial charge in [-0.1, -0.05) is 0 Å². The van der Waals surface area contributed by atoms with Crippen molar-refractivity contribution in [2.24, 2.45) is 23.7 Å². The molecule has 1 aliphatic heterocycles. The van der Waals surface area contributed by atoms with Gasteiger partial charge >= 0.3 is 0 Å². The minimum absolute atomic E-state index is 0.329. The maximum absolute atomic E-state index is 10.9. The van der Waals surface area contributed by atoms with Crippen LogP contribution >= 0.6 is 0 Å². The van der Waals surface area contributed by atoms with E-state index in [2.05, 4.69) is 9.80 Å². The van der Waals surface area contributed by atoms with E-state index >= 15 is 0 Å². The molecular formula is C15H26N2O2S. The summed E-state index contributed by atoms with van der Waals surface area (Å²) in [6, 6.07) is 0.838. The highest BCUT2D eigenvalue weighted by Crippen LogP contribution is 2.55. The highest BCUT2D eigenvalue weighted by molar-refractivity contribution is 7.79. The summed E-state index contributed by atoms with van der Waals surface area (Å²) >= 11 is -1.68. The molecule has 114 valence electrons. The second-order valence-corrected chi connectivity index (χ2v) is 8.43. The Morgan fingerprint density at radius 3 is 1.95 bits per heavy atom. The van der Waals surface area contributed by atoms with Crippen molar-refractivity contribution in [2.45, 2.75) is 38.1 Å². The summed E-state index contributed by atoms with van der Waals surface area (Å²) in [5, 5.41) is 0. The van der Waals surface area contributed by atoms with Crippen LogP contribution < -0.4 is 0 Å². The molecule has 5 rings (SSSR count). The van der Waals surface area contributed by atoms with Crippen molar-refractivity contribution in [1.29, 1.82) is 0 Å². The van der Waals surface area contributed by atoms with Crippen LogP contribution in [0.2, 0.25) is 0 Å². The third-order valence-electron chi connectivity index (χ3n) is 6.30. The molecule has 0 aromatic carbocycles. The summed E-state index contributed by atoms with van der Waals surface area (Å²) in [5.41, 5.74) is 0. The Labute approximate surface area is 124 Å². The second-order valence-electron chi connectivity index (χ2n) is 7.53. The van der Waals surface area contributed by atoms with Gasteiger partial charge < -0.3 is 4.55 Å². The molecule has 1 unspecified atom stereocenters. The normalized spacial score (nSPS) is 46.8. The first kappa shape index (κ1) is 13.7. The molecule has 0 spiro atoms. The van der Waals surface area contributed by atoms with Gasteiger partial charge in [-0.25, -0.2) is 4.21 Å². The van der Waals surface area contributed by atoms with Gasteiger partial charge in [-0.15, -0.1) is 0 Å². The SMILES string of the molecule is O=S(O)CN1CCN(C2C3CC4CC(C3)CC2C4)CC1. The zero-order valence-corrected chi connectivity index (χ0v) is 12.9. The van der Waals surface area contributed by atoms with E-state index in [0.29, 0.717) is 5.88 Å². The third-order valence-corrected chi connectivity index (χ3v) is 6.88. The fourth-order valence-corrected chi connectivity index (χ4v) is 6.41. The molecule has 0 aromatic heterocycles. The summed E-state index contributed by atoms with van der Waals surface area (Å²) in [4.78, 5) is 4.87. The van der Waals surface area contributed by atoms with Gasteiger partial charge in [0, 0.05) is 32.2 Å². The van der Waals surface area contributed by atoms with Gasteiger partial charge in [-0.2, -0.15) is 0 Å². The molecule has 1 N–H and O–H groups in total. The molecule has 0 aromatic rings. The minimum Gasteiger partial charge on any atom is -0.305 e. The monoisotopic (exact) mass is 298 g/mol. The zero-order valence-electron chi connectivity index (χ0n) is 12.1. The van der Waals surface area contributed by atoms with Crippen molar-refractivity contribution >= 4 is 11.1 Å². The summed E-state index contributed by atoms with van der Waals surface area (Å²) < 4.78 is 19.9. The molecule has 1 saturated heterocycles. The first-order chi connectivity index (χ1) is 9.69. The minimum atomic E-state index is -1.68. The van der Waals surface area contributed by atoms with Gasteiger partial charge in [0.05, 0.1) is 0 Å². The van der Waals surface area contributed by atoms with E-state index in [0.717, 1.165) is 55.9 Å². The number of hydrogen-bond donors (Lipinski definition) is 1. The summed E-state index contributed by atoms with van der Waals surface area (Å²) in [6.45, 7) is 4.14. The second kappa shape index (κ2) is 5.34. The molecule has 0 amide bonds. The highest BCUT2D eigenvalue weighted by Gasteiger charge is 2.50. The summed E-state index contributed by atoms with van der Waals surface area (Å²) in [5.74, 6) is 4.35. The molecule has 4 nitrogen and oxygen atoms in total. The maximum Gasteiger partial charge on any atom is 0.167 e. The smallest absolute Gasteiger partial charge is 0.167 e. The molecule has 4 aliphatic carbocycles. The Bertz CT molecular complexity index is 367. The van der Waals surface area contributed by atoms with Crippen molar-refractivity contribution in [3.8, 4) is 0 Å². The average Bonchev–Trinajstić information content (AvgIpc) is 2.38. The largest absolute Gasteiger partial charge is 0.305 e. The highest BCUT2D eigenvalue weighted by atomic mass is 32.2. The molecule has 5 heteroatoms. The predicted octanol–water partition coefficient (Wildman–Crippen LogP) is 1.61. The van der Waals surface area contributed by atoms with Gasteiger partial charge in [0.25, 0.3) is 0 Å². The van der Waals surface area contributed by atoms with Gasteiger partial charge in [0.1, 0.15) is 5.88 Å². The van der Waals surface area contributed by atoms with Crippen LogP contribution in [0.5, 0.6) is 0 Å². The van der Waals surface area contributed by atoms with Crippen LogP contribution in [0.3, 0.4) is 0 Å². The van der Waals surface area contributed by atoms with Crippen molar-refractivity contribution < 1.29 is 8.76 Å². The topological polar surface area (TPSA) is 43.8 Å². The molecular weight excluding hydrogens is 272 g/mol. The first-order valence-electron chi connectivity index (χ1n) is 8.23. The Hall–Kier alpha value is 0.0300. The molecule has 0 radical (unpaired) electrons. The number of rotatable bonds is 3. The van der Waals surface area contributed by atoms with Crippen molar-refractivity contribution in [2.75, 3.05) is 32.1 Å². The van der Waals surface area contributed by atoms with Crippen LogP contribution in [-0.2, 0) is 11.1 Å². The Kier molecular flexibility index (Phi) is 3.65. The van der Waals surface area contributed by atoms with Crippen molar-refractivity contribution in [1.82, 2.24) is 9.80 Å². The van der Waals surface area contributed by atoms with Gasteiger partial charge in [0.15, 0.2) is 11.1 Å². The lowest BCUT2D eigenvalue weighted by Crippen LogP contribution is -2.60. The maximum atomic E-state index is 10.9. The quantitative estimate of drug-likeness (QED) is 0.804. The summed E-state index contributed by atoms with van der Waals surface area (Å²) in [6.07, 6.45) is 7.46. The van der Waals surface area contributed by atoms with Crippen LogP contribution in [-0.4, -0.2) is 56.7 Å². The van der Waals surface area contributed by atoms with Gasteiger partial charge in [0.2, 0.25) is 0 Å². The lowest BCUT2D eigenvalue weighted by Gasteiger charge is -2.58. The van der Waals surface area contributed by atoms with Crippen LogP contribution in [0.4, 0.5) is 0 Å². The van der Waals surface area contributed by atoms with E-state index < -0.39 is 11.1 Å². The Morgan fingerprint density at radius 1 is 0.900 bits per heavy atom. The van der Waals surface area contributed by atoms with Crippen LogP contribution in [0, 0.1) is 23.7 Å². The molecule has 20 heavy (non-hydrogen) atoms. The van der Waals surface area contributed by atoms with Crippen molar-refractivity contribution in [3.05, 3.63) is 0 Å². The summed E-state index contributed by atoms with van der Waals surface area (Å²) in [7, 11) is 0. The van der Waals surface area contributed by atoms with E-state index in [1.807, 2.05) is 0 Å². The fraction of sp³-hybridized carbons (Fsp3) is 1.00. The Balaban J connectivity index is 1.38. The van der Waals surface area contributed by atoms with E-state index in [1.54, 1.807) is 0 Å². The van der Waals surface area contributed by atoms with Crippen LogP contribution in [0.15, 0.2) is 0 Å². The zero-order chi connectivity index (χ0) is 13.7. The molecule has 4 bridgehead atoms. The van der Waals surface area contributed by atoms with E-state index in [-0.39, 0.29) is 0 Å². The first-order valence-corrected chi connectivity index (χ1v) is 9.50. The molecule has 5 fully saturated rings. The molecule has 4 saturated carbocycles. The molecule has 5 aliphatic rings. The fourth-order valence-electron chi connectivity index (χ4n) is 5.84. The number of hydrogen-bond acceptors (Lipinski definition) is 3. The Morgan fingerprint density at radius 2 is 1.45 bits per heavy atom. The van der Waals surface area contributed by atoms with E-state index in [4.69, 9.17) is 4.55 Å². The van der Waals surface area contributed by atoms with Crippen LogP contribution in [0.25, 0.3) is 0 Å². The van der Waals surface area contributed by atoms with E-state index in [9.17, 15) is 4.21 Å². The average molecular weight is 298 g/mol. The standard InChI is InChI=1S/C15H26N2O2S/c18-20(19)10-16-1-3-17(4-2-16)15-13-6-11-5-12(8-13)9-14(15)7-11/h11-15H,1-10H2,(H,18,19). The van der Waals surface area contributed by atoms with Crippen molar-refractivity contribution in [3.63, 3.8) is 0 Å². The molecule has 1 atom stereocenters. The van der Waals surface area contributed by atoms with E-state index in [1.165, 1.54) is 32.1 Å². The third kappa shape index (κ3) is 2.47. The number of nitrogens with zero attached hydrogens (tertiary/aromatic N) is 2. The lowest BCUT2D eigenvalue weighted by molar-refractivity contribution is -0.0753. The van der Waals surface area contributed by atoms with Crippen LogP contribution in [0.1, 0.15) is 32.1 Å². The molecule has 1 heterocycles.